The number of ether oxygens (including phenoxy) is 1. The molecule has 0 radical (unpaired) electrons. The van der Waals surface area contributed by atoms with Gasteiger partial charge in [0.05, 0.1) is 19.2 Å². The molecule has 1 saturated heterocycles. The van der Waals surface area contributed by atoms with Gasteiger partial charge in [-0.15, -0.1) is 0 Å². The van der Waals surface area contributed by atoms with Gasteiger partial charge >= 0.3 is 0 Å². The molecule has 1 fully saturated rings. The number of halogens is 2. The van der Waals surface area contributed by atoms with Gasteiger partial charge in [0.15, 0.2) is 0 Å². The monoisotopic (exact) mass is 528 g/mol. The van der Waals surface area contributed by atoms with Gasteiger partial charge in [-0.2, -0.15) is 5.10 Å². The van der Waals surface area contributed by atoms with Crippen LogP contribution >= 0.6 is 23.2 Å². The summed E-state index contributed by atoms with van der Waals surface area (Å²) >= 11 is 12.8. The summed E-state index contributed by atoms with van der Waals surface area (Å²) in [7, 11) is 1.60. The van der Waals surface area contributed by atoms with Crippen LogP contribution in [0.5, 0.6) is 0 Å². The van der Waals surface area contributed by atoms with Gasteiger partial charge in [0.1, 0.15) is 17.8 Å². The number of carbonyl (C=O) groups excluding carboxylic acids is 2. The Morgan fingerprint density at radius 2 is 2.11 bits per heavy atom. The summed E-state index contributed by atoms with van der Waals surface area (Å²) < 4.78 is 5.19. The summed E-state index contributed by atoms with van der Waals surface area (Å²) in [5.41, 5.74) is 1.49. The minimum Gasteiger partial charge on any atom is -0.383 e. The van der Waals surface area contributed by atoms with Crippen LogP contribution in [-0.2, 0) is 19.7 Å². The van der Waals surface area contributed by atoms with E-state index in [1.807, 2.05) is 36.1 Å². The van der Waals surface area contributed by atoms with Crippen molar-refractivity contribution < 1.29 is 14.3 Å². The lowest BCUT2D eigenvalue weighted by atomic mass is 9.56. The fraction of sp³-hybridized carbons (Fsp3) is 0.444. The molecule has 3 aliphatic heterocycles. The lowest BCUT2D eigenvalue weighted by Crippen LogP contribution is -2.68. The van der Waals surface area contributed by atoms with E-state index < -0.39 is 11.5 Å². The highest BCUT2D eigenvalue weighted by atomic mass is 35.5. The van der Waals surface area contributed by atoms with Crippen molar-refractivity contribution in [2.45, 2.75) is 37.6 Å². The van der Waals surface area contributed by atoms with Gasteiger partial charge in [-0.1, -0.05) is 60.5 Å². The maximum absolute atomic E-state index is 14.2. The van der Waals surface area contributed by atoms with Gasteiger partial charge in [-0.05, 0) is 48.4 Å². The summed E-state index contributed by atoms with van der Waals surface area (Å²) in [5, 5.41) is 10.7. The van der Waals surface area contributed by atoms with Crippen molar-refractivity contribution in [1.29, 1.82) is 0 Å². The molecule has 1 unspecified atom stereocenters. The van der Waals surface area contributed by atoms with E-state index >= 15 is 0 Å². The van der Waals surface area contributed by atoms with E-state index in [0.717, 1.165) is 22.0 Å². The van der Waals surface area contributed by atoms with Crippen molar-refractivity contribution in [2.24, 2.45) is 16.9 Å². The third-order valence-electron chi connectivity index (χ3n) is 7.87. The Labute approximate surface area is 221 Å². The topological polar surface area (TPSA) is 74.2 Å². The minimum absolute atomic E-state index is 0.00284. The second-order valence-electron chi connectivity index (χ2n) is 9.76. The molecule has 190 valence electrons. The van der Waals surface area contributed by atoms with Crippen LogP contribution in [0.3, 0.4) is 0 Å². The maximum atomic E-state index is 14.2. The molecule has 1 aromatic rings. The molecule has 3 heterocycles. The first-order valence-electron chi connectivity index (χ1n) is 12.3. The van der Waals surface area contributed by atoms with E-state index in [1.54, 1.807) is 13.2 Å². The summed E-state index contributed by atoms with van der Waals surface area (Å²) in [4.78, 5) is 29.4. The number of fused-ring (bicyclic) bond motifs is 3. The number of hydrogen-bond acceptors (Lipinski definition) is 5. The first-order valence-corrected chi connectivity index (χ1v) is 13.0. The lowest BCUT2D eigenvalue weighted by Gasteiger charge is -2.56. The number of benzene rings is 1. The number of nitrogens with zero attached hydrogens (tertiary/aromatic N) is 3. The van der Waals surface area contributed by atoms with Crippen molar-refractivity contribution >= 4 is 46.5 Å². The van der Waals surface area contributed by atoms with Crippen molar-refractivity contribution in [3.05, 3.63) is 64.2 Å². The van der Waals surface area contributed by atoms with E-state index in [0.29, 0.717) is 43.1 Å². The molecule has 1 N–H and O–H groups in total. The molecule has 5 rings (SSSR count). The predicted octanol–water partition coefficient (Wildman–Crippen LogP) is 4.69. The van der Waals surface area contributed by atoms with E-state index in [1.165, 1.54) is 5.01 Å². The number of hydrogen-bond donors (Lipinski definition) is 1. The van der Waals surface area contributed by atoms with Crippen molar-refractivity contribution in [3.8, 4) is 0 Å². The number of carbonyl (C=O) groups is 2. The highest BCUT2D eigenvalue weighted by Gasteiger charge is 2.64. The molecular weight excluding hydrogens is 499 g/mol. The van der Waals surface area contributed by atoms with Crippen LogP contribution in [0, 0.1) is 11.8 Å². The Morgan fingerprint density at radius 3 is 2.83 bits per heavy atom. The van der Waals surface area contributed by atoms with Gasteiger partial charge < -0.3 is 15.0 Å². The van der Waals surface area contributed by atoms with Gasteiger partial charge in [-0.25, -0.2) is 5.01 Å². The SMILES string of the molecule is C=C(CC)[C@H]1N2CC(=O)N(CCOC)N=C2C[C@@H](C2C=CC=C(Cl)C2)[C@]12C(=O)Nc1cc(Cl)ccc12. The van der Waals surface area contributed by atoms with Crippen molar-refractivity contribution in [3.63, 3.8) is 0 Å². The average Bonchev–Trinajstić information content (AvgIpc) is 3.13. The molecule has 1 spiro atoms. The predicted molar refractivity (Wildman–Crippen MR) is 142 cm³/mol. The highest BCUT2D eigenvalue weighted by Crippen LogP contribution is 2.57. The number of amides is 2. The van der Waals surface area contributed by atoms with Gasteiger partial charge in [0.25, 0.3) is 5.91 Å². The number of piperidine rings is 1. The second kappa shape index (κ2) is 9.69. The normalized spacial score (nSPS) is 29.1. The van der Waals surface area contributed by atoms with Crippen LogP contribution in [0.2, 0.25) is 5.02 Å². The lowest BCUT2D eigenvalue weighted by molar-refractivity contribution is -0.137. The van der Waals surface area contributed by atoms with Gasteiger partial charge in [0, 0.05) is 29.3 Å². The summed E-state index contributed by atoms with van der Waals surface area (Å²) in [6.45, 7) is 7.34. The quantitative estimate of drug-likeness (QED) is 0.543. The van der Waals surface area contributed by atoms with E-state index in [9.17, 15) is 9.59 Å². The maximum Gasteiger partial charge on any atom is 0.262 e. The van der Waals surface area contributed by atoms with Gasteiger partial charge in [0.2, 0.25) is 5.91 Å². The van der Waals surface area contributed by atoms with E-state index in [4.69, 9.17) is 33.0 Å². The number of amidine groups is 1. The number of methoxy groups -OCH3 is 1. The largest absolute Gasteiger partial charge is 0.383 e. The molecule has 2 amide bonds. The van der Waals surface area contributed by atoms with Gasteiger partial charge in [-0.3, -0.25) is 9.59 Å². The van der Waals surface area contributed by atoms with Crippen molar-refractivity contribution in [2.75, 3.05) is 32.1 Å². The van der Waals surface area contributed by atoms with Crippen LogP contribution in [0.4, 0.5) is 5.69 Å². The number of hydrazone groups is 1. The minimum atomic E-state index is -0.982. The summed E-state index contributed by atoms with van der Waals surface area (Å²) in [5.74, 6) is 0.389. The molecule has 1 aromatic carbocycles. The Morgan fingerprint density at radius 1 is 1.31 bits per heavy atom. The number of allylic oxidation sites excluding steroid dienone is 4. The zero-order valence-corrected chi connectivity index (χ0v) is 22.0. The Bertz CT molecular complexity index is 1210. The Hall–Kier alpha value is -2.61. The fourth-order valence-corrected chi connectivity index (χ4v) is 6.68. The van der Waals surface area contributed by atoms with Crippen LogP contribution in [0.1, 0.15) is 31.7 Å². The zero-order chi connectivity index (χ0) is 25.6. The molecule has 9 heteroatoms. The third kappa shape index (κ3) is 3.88. The molecule has 7 nitrogen and oxygen atoms in total. The third-order valence-corrected chi connectivity index (χ3v) is 8.39. The first-order chi connectivity index (χ1) is 17.3. The van der Waals surface area contributed by atoms with Crippen molar-refractivity contribution in [1.82, 2.24) is 9.91 Å². The molecule has 4 aliphatic rings. The summed E-state index contributed by atoms with van der Waals surface area (Å²) in [6, 6.07) is 5.12. The molecule has 0 aromatic heterocycles. The van der Waals surface area contributed by atoms with Crippen LogP contribution in [0.25, 0.3) is 0 Å². The van der Waals surface area contributed by atoms with Crippen LogP contribution < -0.4 is 5.32 Å². The highest BCUT2D eigenvalue weighted by molar-refractivity contribution is 6.31. The fourth-order valence-electron chi connectivity index (χ4n) is 6.26. The molecule has 1 aliphatic carbocycles. The average molecular weight is 529 g/mol. The molecule has 4 atom stereocenters. The molecule has 36 heavy (non-hydrogen) atoms. The first kappa shape index (κ1) is 25.1. The van der Waals surface area contributed by atoms with Crippen LogP contribution in [-0.4, -0.2) is 60.4 Å². The molecule has 0 saturated carbocycles. The summed E-state index contributed by atoms with van der Waals surface area (Å²) in [6.07, 6.45) is 7.80. The van der Waals surface area contributed by atoms with E-state index in [-0.39, 0.29) is 30.2 Å². The Kier molecular flexibility index (Phi) is 6.74. The Balaban J connectivity index is 1.72. The second-order valence-corrected chi connectivity index (χ2v) is 10.7. The number of anilines is 1. The smallest absolute Gasteiger partial charge is 0.262 e. The number of rotatable bonds is 6. The van der Waals surface area contributed by atoms with Crippen LogP contribution in [0.15, 0.2) is 58.7 Å². The van der Waals surface area contributed by atoms with E-state index in [2.05, 4.69) is 18.0 Å². The molecule has 0 bridgehead atoms. The standard InChI is InChI=1S/C27H30Cl2N4O3/c1-4-16(2)25-27(20-9-8-19(29)13-22(20)30-26(27)35)21(17-6-5-7-18(28)12-17)14-23-31-33(10-11-36-3)24(34)15-32(23)25/h5-9,13,17,21,25H,2,4,10-12,14-15H2,1,3H3,(H,30,35)/t17?,21-,25+,27-/m0/s1. The number of nitrogens with one attached hydrogen (secondary N) is 1. The zero-order valence-electron chi connectivity index (χ0n) is 20.5. The molecular formula is C27H30Cl2N4O3.